The summed E-state index contributed by atoms with van der Waals surface area (Å²) in [5.74, 6) is -0.918. The second-order valence-electron chi connectivity index (χ2n) is 6.90. The molecule has 0 saturated carbocycles. The van der Waals surface area contributed by atoms with Crippen molar-refractivity contribution in [3.05, 3.63) is 54.1 Å². The molecular weight excluding hydrogens is 388 g/mol. The first-order valence-electron chi connectivity index (χ1n) is 9.59. The molecule has 0 spiro atoms. The molecular formula is C22H24N2O4S. The van der Waals surface area contributed by atoms with Gasteiger partial charge in [-0.3, -0.25) is 14.4 Å². The number of benzene rings is 2. The van der Waals surface area contributed by atoms with Crippen molar-refractivity contribution in [1.29, 1.82) is 0 Å². The molecule has 2 aromatic rings. The molecule has 1 aliphatic heterocycles. The lowest BCUT2D eigenvalue weighted by Gasteiger charge is -2.23. The molecule has 2 aromatic carbocycles. The molecule has 0 saturated heterocycles. The van der Waals surface area contributed by atoms with Crippen LogP contribution in [0.4, 0.5) is 11.4 Å². The summed E-state index contributed by atoms with van der Waals surface area (Å²) in [5.41, 5.74) is 2.51. The lowest BCUT2D eigenvalue weighted by Crippen LogP contribution is -2.32. The number of ether oxygens (including phenoxy) is 1. The van der Waals surface area contributed by atoms with Crippen LogP contribution >= 0.6 is 11.8 Å². The van der Waals surface area contributed by atoms with E-state index in [2.05, 4.69) is 24.5 Å². The Morgan fingerprint density at radius 1 is 1.17 bits per heavy atom. The number of para-hydroxylation sites is 2. The van der Waals surface area contributed by atoms with Gasteiger partial charge in [0.05, 0.1) is 17.4 Å². The number of rotatable bonds is 7. The number of amides is 2. The summed E-state index contributed by atoms with van der Waals surface area (Å²) >= 11 is 1.32. The second-order valence-corrected chi connectivity index (χ2v) is 8.15. The number of hydrogen-bond donors (Lipinski definition) is 2. The van der Waals surface area contributed by atoms with Crippen LogP contribution in [0.2, 0.25) is 0 Å². The van der Waals surface area contributed by atoms with E-state index in [4.69, 9.17) is 4.74 Å². The normalized spacial score (nSPS) is 16.3. The standard InChI is InChI=1S/C22H24N2O4S/c1-3-14(2)15-8-4-5-9-16(15)23-20(25)13-28-21(26)12-19-22(27)24-17-10-6-7-11-18(17)29-19/h4-11,14,19H,3,12-13H2,1-2H3,(H,23,25)(H,24,27)/t14-,19+/m1/s1. The van der Waals surface area contributed by atoms with Gasteiger partial charge in [-0.15, -0.1) is 11.8 Å². The van der Waals surface area contributed by atoms with Gasteiger partial charge in [0.25, 0.3) is 5.91 Å². The third-order valence-corrected chi connectivity index (χ3v) is 6.08. The average Bonchev–Trinajstić information content (AvgIpc) is 2.72. The summed E-state index contributed by atoms with van der Waals surface area (Å²) in [5, 5.41) is 5.02. The molecule has 1 aliphatic rings. The zero-order chi connectivity index (χ0) is 20.8. The van der Waals surface area contributed by atoms with Crippen molar-refractivity contribution >= 4 is 40.9 Å². The number of esters is 1. The fourth-order valence-electron chi connectivity index (χ4n) is 3.03. The van der Waals surface area contributed by atoms with E-state index in [1.54, 1.807) is 0 Å². The second kappa shape index (κ2) is 9.60. The summed E-state index contributed by atoms with van der Waals surface area (Å²) in [7, 11) is 0. The molecule has 0 bridgehead atoms. The molecule has 1 heterocycles. The van der Waals surface area contributed by atoms with Crippen LogP contribution in [0.3, 0.4) is 0 Å². The predicted molar refractivity (Wildman–Crippen MR) is 114 cm³/mol. The van der Waals surface area contributed by atoms with Gasteiger partial charge in [0, 0.05) is 10.6 Å². The Morgan fingerprint density at radius 2 is 1.90 bits per heavy atom. The van der Waals surface area contributed by atoms with Gasteiger partial charge in [0.2, 0.25) is 5.91 Å². The molecule has 0 aliphatic carbocycles. The lowest BCUT2D eigenvalue weighted by molar-refractivity contribution is -0.147. The fourth-order valence-corrected chi connectivity index (χ4v) is 4.13. The highest BCUT2D eigenvalue weighted by Gasteiger charge is 2.29. The quantitative estimate of drug-likeness (QED) is 0.667. The monoisotopic (exact) mass is 412 g/mol. The summed E-state index contributed by atoms with van der Waals surface area (Å²) in [4.78, 5) is 37.5. The Morgan fingerprint density at radius 3 is 2.69 bits per heavy atom. The van der Waals surface area contributed by atoms with Crippen molar-refractivity contribution in [2.45, 2.75) is 42.8 Å². The van der Waals surface area contributed by atoms with E-state index >= 15 is 0 Å². The highest BCUT2D eigenvalue weighted by molar-refractivity contribution is 8.01. The van der Waals surface area contributed by atoms with E-state index in [-0.39, 0.29) is 18.9 Å². The fraction of sp³-hybridized carbons (Fsp3) is 0.318. The maximum absolute atomic E-state index is 12.2. The van der Waals surface area contributed by atoms with E-state index in [1.165, 1.54) is 11.8 Å². The molecule has 0 unspecified atom stereocenters. The van der Waals surface area contributed by atoms with Crippen LogP contribution in [0.15, 0.2) is 53.4 Å². The van der Waals surface area contributed by atoms with Crippen molar-refractivity contribution in [1.82, 2.24) is 0 Å². The number of fused-ring (bicyclic) bond motifs is 1. The molecule has 152 valence electrons. The lowest BCUT2D eigenvalue weighted by atomic mass is 9.97. The topological polar surface area (TPSA) is 84.5 Å². The number of carbonyl (C=O) groups excluding carboxylic acids is 3. The highest BCUT2D eigenvalue weighted by Crippen LogP contribution is 2.36. The summed E-state index contributed by atoms with van der Waals surface area (Å²) in [6, 6.07) is 15.0. The molecule has 29 heavy (non-hydrogen) atoms. The van der Waals surface area contributed by atoms with E-state index in [9.17, 15) is 14.4 Å². The minimum absolute atomic E-state index is 0.0957. The number of nitrogens with one attached hydrogen (secondary N) is 2. The number of thioether (sulfide) groups is 1. The number of carbonyl (C=O) groups is 3. The molecule has 0 fully saturated rings. The van der Waals surface area contributed by atoms with Crippen LogP contribution in [0.1, 0.15) is 38.2 Å². The summed E-state index contributed by atoms with van der Waals surface area (Å²) < 4.78 is 5.10. The van der Waals surface area contributed by atoms with Gasteiger partial charge in [0.15, 0.2) is 6.61 Å². The number of anilines is 2. The van der Waals surface area contributed by atoms with Gasteiger partial charge in [-0.25, -0.2) is 0 Å². The molecule has 3 rings (SSSR count). The molecule has 2 N–H and O–H groups in total. The van der Waals surface area contributed by atoms with Crippen LogP contribution in [0.5, 0.6) is 0 Å². The predicted octanol–water partition coefficient (Wildman–Crippen LogP) is 4.18. The van der Waals surface area contributed by atoms with Crippen LogP contribution in [-0.2, 0) is 19.1 Å². The van der Waals surface area contributed by atoms with Crippen molar-refractivity contribution in [3.8, 4) is 0 Å². The first-order valence-corrected chi connectivity index (χ1v) is 10.5. The van der Waals surface area contributed by atoms with Crippen LogP contribution in [0, 0.1) is 0 Å². The first kappa shape index (κ1) is 20.9. The SMILES string of the molecule is CC[C@@H](C)c1ccccc1NC(=O)COC(=O)C[C@@H]1Sc2ccccc2NC1=O. The highest BCUT2D eigenvalue weighted by atomic mass is 32.2. The molecule has 2 atom stereocenters. The minimum atomic E-state index is -0.581. The van der Waals surface area contributed by atoms with E-state index < -0.39 is 17.1 Å². The maximum Gasteiger partial charge on any atom is 0.307 e. The summed E-state index contributed by atoms with van der Waals surface area (Å²) in [6.45, 7) is 3.79. The largest absolute Gasteiger partial charge is 0.456 e. The zero-order valence-electron chi connectivity index (χ0n) is 16.4. The Balaban J connectivity index is 1.51. The Kier molecular flexibility index (Phi) is 6.93. The molecule has 6 nitrogen and oxygen atoms in total. The van der Waals surface area contributed by atoms with Gasteiger partial charge < -0.3 is 15.4 Å². The van der Waals surface area contributed by atoms with Gasteiger partial charge >= 0.3 is 5.97 Å². The van der Waals surface area contributed by atoms with E-state index in [0.29, 0.717) is 5.92 Å². The van der Waals surface area contributed by atoms with Gasteiger partial charge in [-0.05, 0) is 36.1 Å². The van der Waals surface area contributed by atoms with Gasteiger partial charge in [-0.1, -0.05) is 44.2 Å². The smallest absolute Gasteiger partial charge is 0.307 e. The third kappa shape index (κ3) is 5.38. The van der Waals surface area contributed by atoms with E-state index in [1.807, 2.05) is 48.5 Å². The Bertz CT molecular complexity index is 915. The van der Waals surface area contributed by atoms with Crippen molar-refractivity contribution < 1.29 is 19.1 Å². The number of hydrogen-bond acceptors (Lipinski definition) is 5. The zero-order valence-corrected chi connectivity index (χ0v) is 17.3. The van der Waals surface area contributed by atoms with Crippen LogP contribution in [-0.4, -0.2) is 29.6 Å². The van der Waals surface area contributed by atoms with E-state index in [0.717, 1.165) is 28.3 Å². The minimum Gasteiger partial charge on any atom is -0.456 e. The van der Waals surface area contributed by atoms with Gasteiger partial charge in [0.1, 0.15) is 0 Å². The van der Waals surface area contributed by atoms with Crippen molar-refractivity contribution in [2.75, 3.05) is 17.2 Å². The molecule has 0 aromatic heterocycles. The average molecular weight is 413 g/mol. The Labute approximate surface area is 174 Å². The first-order chi connectivity index (χ1) is 14.0. The molecule has 2 amide bonds. The summed E-state index contributed by atoms with van der Waals surface area (Å²) in [6.07, 6.45) is 0.855. The van der Waals surface area contributed by atoms with Crippen LogP contribution in [0.25, 0.3) is 0 Å². The maximum atomic E-state index is 12.2. The molecule has 0 radical (unpaired) electrons. The van der Waals surface area contributed by atoms with Crippen molar-refractivity contribution in [3.63, 3.8) is 0 Å². The van der Waals surface area contributed by atoms with Crippen molar-refractivity contribution in [2.24, 2.45) is 0 Å². The Hall–Kier alpha value is -2.80. The van der Waals surface area contributed by atoms with Gasteiger partial charge in [-0.2, -0.15) is 0 Å². The molecule has 7 heteroatoms. The third-order valence-electron chi connectivity index (χ3n) is 4.80. The van der Waals surface area contributed by atoms with Crippen LogP contribution < -0.4 is 10.6 Å².